The molecular formula is C12H29NO2Si. The lowest BCUT2D eigenvalue weighted by Crippen LogP contribution is -2.37. The Balaban J connectivity index is 3.59. The van der Waals surface area contributed by atoms with E-state index in [1.54, 1.807) is 14.2 Å². The minimum absolute atomic E-state index is 0.609. The van der Waals surface area contributed by atoms with Crippen molar-refractivity contribution < 1.29 is 8.85 Å². The van der Waals surface area contributed by atoms with Crippen LogP contribution in [0.25, 0.3) is 0 Å². The maximum atomic E-state index is 5.45. The van der Waals surface area contributed by atoms with E-state index in [4.69, 9.17) is 8.85 Å². The first-order valence-corrected chi connectivity index (χ1v) is 8.79. The number of rotatable bonds is 9. The van der Waals surface area contributed by atoms with Crippen LogP contribution in [0.3, 0.4) is 0 Å². The van der Waals surface area contributed by atoms with Crippen LogP contribution in [0.5, 0.6) is 0 Å². The van der Waals surface area contributed by atoms with Gasteiger partial charge in [-0.2, -0.15) is 0 Å². The topological polar surface area (TPSA) is 30.5 Å². The van der Waals surface area contributed by atoms with Gasteiger partial charge in [0.05, 0.1) is 0 Å². The summed E-state index contributed by atoms with van der Waals surface area (Å²) in [7, 11) is 1.67. The number of nitrogens with one attached hydrogen (secondary N) is 1. The molecule has 0 aromatic rings. The van der Waals surface area contributed by atoms with Gasteiger partial charge >= 0.3 is 8.56 Å². The van der Waals surface area contributed by atoms with Crippen molar-refractivity contribution >= 4 is 8.56 Å². The molecule has 0 saturated carbocycles. The predicted octanol–water partition coefficient (Wildman–Crippen LogP) is 2.77. The summed E-state index contributed by atoms with van der Waals surface area (Å²) in [5.41, 5.74) is 0. The van der Waals surface area contributed by atoms with E-state index in [-0.39, 0.29) is 0 Å². The van der Waals surface area contributed by atoms with Gasteiger partial charge in [0.1, 0.15) is 0 Å². The summed E-state index contributed by atoms with van der Waals surface area (Å²) in [5.74, 6) is 0.764. The summed E-state index contributed by atoms with van der Waals surface area (Å²) in [6.07, 6.45) is 2.37. The van der Waals surface area contributed by atoms with Crippen molar-refractivity contribution in [3.8, 4) is 0 Å². The smallest absolute Gasteiger partial charge is 0.334 e. The molecule has 0 radical (unpaired) electrons. The minimum atomic E-state index is -1.84. The quantitative estimate of drug-likeness (QED) is 0.502. The van der Waals surface area contributed by atoms with Crippen molar-refractivity contribution in [2.24, 2.45) is 5.92 Å². The lowest BCUT2D eigenvalue weighted by Gasteiger charge is -2.23. The molecule has 4 heteroatoms. The van der Waals surface area contributed by atoms with E-state index < -0.39 is 8.56 Å². The monoisotopic (exact) mass is 247 g/mol. The molecule has 0 heterocycles. The van der Waals surface area contributed by atoms with Crippen LogP contribution in [0.1, 0.15) is 33.6 Å². The Morgan fingerprint density at radius 2 is 1.69 bits per heavy atom. The van der Waals surface area contributed by atoms with Gasteiger partial charge in [-0.15, -0.1) is 0 Å². The summed E-state index contributed by atoms with van der Waals surface area (Å²) in [4.78, 5) is 0. The summed E-state index contributed by atoms with van der Waals surface area (Å²) in [6, 6.07) is 1.67. The van der Waals surface area contributed by atoms with Crippen molar-refractivity contribution in [1.82, 2.24) is 5.32 Å². The van der Waals surface area contributed by atoms with E-state index in [1.807, 2.05) is 0 Å². The van der Waals surface area contributed by atoms with E-state index in [0.717, 1.165) is 24.9 Å². The van der Waals surface area contributed by atoms with Gasteiger partial charge < -0.3 is 14.2 Å². The van der Waals surface area contributed by atoms with Crippen LogP contribution in [0.2, 0.25) is 12.6 Å². The van der Waals surface area contributed by atoms with Crippen molar-refractivity contribution in [3.63, 3.8) is 0 Å². The molecule has 0 aliphatic rings. The maximum Gasteiger partial charge on any atom is 0.334 e. The molecule has 0 amide bonds. The first-order valence-electron chi connectivity index (χ1n) is 6.27. The Hall–Kier alpha value is 0.0969. The molecule has 1 atom stereocenters. The van der Waals surface area contributed by atoms with Gasteiger partial charge in [-0.25, -0.2) is 0 Å². The molecule has 0 aromatic heterocycles. The zero-order valence-electron chi connectivity index (χ0n) is 11.8. The third-order valence-corrected chi connectivity index (χ3v) is 5.98. The zero-order chi connectivity index (χ0) is 12.6. The van der Waals surface area contributed by atoms with E-state index in [9.17, 15) is 0 Å². The largest absolute Gasteiger partial charge is 0.398 e. The molecule has 0 aliphatic carbocycles. The fraction of sp³-hybridized carbons (Fsp3) is 1.00. The van der Waals surface area contributed by atoms with Crippen LogP contribution in [0.15, 0.2) is 0 Å². The molecule has 98 valence electrons. The molecule has 0 aromatic carbocycles. The van der Waals surface area contributed by atoms with Crippen LogP contribution in [-0.2, 0) is 8.85 Å². The van der Waals surface area contributed by atoms with Crippen LogP contribution in [-0.4, -0.2) is 35.4 Å². The molecule has 0 saturated heterocycles. The molecule has 16 heavy (non-hydrogen) atoms. The van der Waals surface area contributed by atoms with Crippen molar-refractivity contribution in [2.45, 2.75) is 52.2 Å². The van der Waals surface area contributed by atoms with Crippen molar-refractivity contribution in [2.75, 3.05) is 20.8 Å². The Morgan fingerprint density at radius 3 is 2.12 bits per heavy atom. The van der Waals surface area contributed by atoms with Crippen LogP contribution in [0.4, 0.5) is 0 Å². The number of hydrogen-bond donors (Lipinski definition) is 1. The lowest BCUT2D eigenvalue weighted by atomic mass is 10.1. The first-order chi connectivity index (χ1) is 7.43. The van der Waals surface area contributed by atoms with E-state index >= 15 is 0 Å². The Kier molecular flexibility index (Phi) is 8.28. The second-order valence-electron chi connectivity index (χ2n) is 5.13. The summed E-state index contributed by atoms with van der Waals surface area (Å²) >= 11 is 0. The highest BCUT2D eigenvalue weighted by Gasteiger charge is 2.27. The van der Waals surface area contributed by atoms with Gasteiger partial charge in [-0.1, -0.05) is 13.8 Å². The van der Waals surface area contributed by atoms with E-state index in [1.165, 1.54) is 6.42 Å². The van der Waals surface area contributed by atoms with Gasteiger partial charge in [0, 0.05) is 20.3 Å². The SMILES string of the molecule is CO[Si](C)(CCCNC(C)CC(C)C)OC. The van der Waals surface area contributed by atoms with Crippen molar-refractivity contribution in [3.05, 3.63) is 0 Å². The van der Waals surface area contributed by atoms with Gasteiger partial charge in [-0.3, -0.25) is 0 Å². The van der Waals surface area contributed by atoms with Crippen LogP contribution < -0.4 is 5.32 Å². The average Bonchev–Trinajstić information content (AvgIpc) is 2.23. The average molecular weight is 247 g/mol. The molecule has 0 aliphatic heterocycles. The Labute approximate surface area is 102 Å². The molecule has 1 N–H and O–H groups in total. The van der Waals surface area contributed by atoms with Crippen LogP contribution in [0, 0.1) is 5.92 Å². The summed E-state index contributed by atoms with van der Waals surface area (Å²) in [5, 5.41) is 3.55. The fourth-order valence-corrected chi connectivity index (χ4v) is 3.23. The molecule has 3 nitrogen and oxygen atoms in total. The zero-order valence-corrected chi connectivity index (χ0v) is 12.8. The van der Waals surface area contributed by atoms with Gasteiger partial charge in [-0.05, 0) is 44.8 Å². The van der Waals surface area contributed by atoms with Gasteiger partial charge in [0.2, 0.25) is 0 Å². The second kappa shape index (κ2) is 8.23. The Morgan fingerprint density at radius 1 is 1.12 bits per heavy atom. The maximum absolute atomic E-state index is 5.45. The van der Waals surface area contributed by atoms with Crippen molar-refractivity contribution in [1.29, 1.82) is 0 Å². The fourth-order valence-electron chi connectivity index (χ4n) is 1.84. The second-order valence-corrected chi connectivity index (χ2v) is 8.71. The summed E-state index contributed by atoms with van der Waals surface area (Å²) < 4.78 is 10.9. The molecule has 0 rings (SSSR count). The molecule has 1 unspecified atom stereocenters. The first kappa shape index (κ1) is 16.1. The predicted molar refractivity (Wildman–Crippen MR) is 72.0 cm³/mol. The summed E-state index contributed by atoms with van der Waals surface area (Å²) in [6.45, 7) is 9.95. The third kappa shape index (κ3) is 7.38. The molecule has 0 bridgehead atoms. The van der Waals surface area contributed by atoms with Gasteiger partial charge in [0.15, 0.2) is 0 Å². The Bertz CT molecular complexity index is 172. The minimum Gasteiger partial charge on any atom is -0.398 e. The highest BCUT2D eigenvalue weighted by atomic mass is 28.4. The van der Waals surface area contributed by atoms with Crippen LogP contribution >= 0.6 is 0 Å². The highest BCUT2D eigenvalue weighted by Crippen LogP contribution is 2.13. The molecular weight excluding hydrogens is 218 g/mol. The number of hydrogen-bond acceptors (Lipinski definition) is 3. The molecule has 0 fully saturated rings. The highest BCUT2D eigenvalue weighted by molar-refractivity contribution is 6.65. The molecule has 0 spiro atoms. The third-order valence-electron chi connectivity index (χ3n) is 2.99. The van der Waals surface area contributed by atoms with E-state index in [2.05, 4.69) is 32.6 Å². The standard InChI is InChI=1S/C12H29NO2Si/c1-11(2)10-12(3)13-8-7-9-16(6,14-4)15-5/h11-13H,7-10H2,1-6H3. The van der Waals surface area contributed by atoms with Gasteiger partial charge in [0.25, 0.3) is 0 Å². The normalized spacial score (nSPS) is 14.4. The lowest BCUT2D eigenvalue weighted by molar-refractivity contribution is 0.248. The van der Waals surface area contributed by atoms with E-state index in [0.29, 0.717) is 6.04 Å².